The second-order valence-corrected chi connectivity index (χ2v) is 6.94. The first-order chi connectivity index (χ1) is 10.2. The summed E-state index contributed by atoms with van der Waals surface area (Å²) >= 11 is 0. The molecule has 2 aliphatic heterocycles. The Morgan fingerprint density at radius 2 is 1.82 bits per heavy atom. The highest BCUT2D eigenvalue weighted by molar-refractivity contribution is 6.62. The van der Waals surface area contributed by atoms with Gasteiger partial charge in [0.25, 0.3) is 0 Å². The Bertz CT molecular complexity index is 601. The lowest BCUT2D eigenvalue weighted by Gasteiger charge is -2.32. The van der Waals surface area contributed by atoms with E-state index in [1.54, 1.807) is 17.0 Å². The van der Waals surface area contributed by atoms with Crippen molar-refractivity contribution in [2.45, 2.75) is 51.7 Å². The monoisotopic (exact) mass is 305 g/mol. The van der Waals surface area contributed by atoms with Crippen molar-refractivity contribution in [1.29, 1.82) is 0 Å². The molecule has 3 rings (SSSR count). The van der Waals surface area contributed by atoms with Crippen LogP contribution in [0.15, 0.2) is 18.2 Å². The van der Waals surface area contributed by atoms with Crippen LogP contribution in [-0.2, 0) is 14.1 Å². The number of carbonyl (C=O) groups is 1. The molecule has 0 atom stereocenters. The molecule has 0 aromatic heterocycles. The third-order valence-electron chi connectivity index (χ3n) is 4.88. The van der Waals surface area contributed by atoms with E-state index in [4.69, 9.17) is 9.31 Å². The zero-order chi connectivity index (χ0) is 16.1. The number of amides is 1. The fourth-order valence-corrected chi connectivity index (χ4v) is 2.77. The van der Waals surface area contributed by atoms with Crippen molar-refractivity contribution >= 4 is 24.2 Å². The zero-order valence-corrected chi connectivity index (χ0v) is 13.5. The number of hydrogen-bond acceptors (Lipinski definition) is 3. The molecule has 4 nitrogen and oxygen atoms in total. The van der Waals surface area contributed by atoms with E-state index in [1.165, 1.54) is 6.07 Å². The van der Waals surface area contributed by atoms with Crippen molar-refractivity contribution in [3.8, 4) is 0 Å². The molecule has 0 N–H and O–H groups in total. The molecule has 0 aliphatic carbocycles. The van der Waals surface area contributed by atoms with Gasteiger partial charge < -0.3 is 14.2 Å². The van der Waals surface area contributed by atoms with E-state index in [-0.39, 0.29) is 5.91 Å². The third kappa shape index (κ3) is 2.44. The van der Waals surface area contributed by atoms with E-state index in [2.05, 4.69) is 0 Å². The summed E-state index contributed by atoms with van der Waals surface area (Å²) in [5, 5.41) is 0. The molecular weight excluding hydrogens is 284 g/mol. The van der Waals surface area contributed by atoms with Crippen LogP contribution in [0.5, 0.6) is 0 Å². The lowest BCUT2D eigenvalue weighted by atomic mass is 9.78. The Hall–Kier alpha value is -1.40. The third-order valence-corrected chi connectivity index (χ3v) is 4.88. The minimum atomic E-state index is -0.728. The highest BCUT2D eigenvalue weighted by Gasteiger charge is 2.52. The standard InChI is InChI=1S/C16H21BFNO3/c1-15(2)16(3,4)22-17(21-15)12-8-7-11(10-13(12)18)19-9-5-6-14(19)20/h7-8,10H,5-6,9H2,1-4H3. The normalized spacial score (nSPS) is 23.4. The highest BCUT2D eigenvalue weighted by atomic mass is 19.1. The molecule has 2 heterocycles. The van der Waals surface area contributed by atoms with E-state index in [9.17, 15) is 9.18 Å². The molecule has 22 heavy (non-hydrogen) atoms. The Morgan fingerprint density at radius 1 is 1.18 bits per heavy atom. The molecule has 0 spiro atoms. The fourth-order valence-electron chi connectivity index (χ4n) is 2.77. The largest absolute Gasteiger partial charge is 0.497 e. The van der Waals surface area contributed by atoms with Gasteiger partial charge in [0.05, 0.1) is 11.2 Å². The number of halogens is 1. The van der Waals surface area contributed by atoms with Crippen molar-refractivity contribution in [3.63, 3.8) is 0 Å². The number of anilines is 1. The number of nitrogens with zero attached hydrogens (tertiary/aromatic N) is 1. The topological polar surface area (TPSA) is 38.8 Å². The Labute approximate surface area is 130 Å². The van der Waals surface area contributed by atoms with Crippen molar-refractivity contribution in [3.05, 3.63) is 24.0 Å². The van der Waals surface area contributed by atoms with Gasteiger partial charge in [0.2, 0.25) is 5.91 Å². The predicted molar refractivity (Wildman–Crippen MR) is 83.7 cm³/mol. The predicted octanol–water partition coefficient (Wildman–Crippen LogP) is 2.25. The summed E-state index contributed by atoms with van der Waals surface area (Å²) in [6.45, 7) is 8.38. The Kier molecular flexibility index (Phi) is 3.57. The van der Waals surface area contributed by atoms with Crippen LogP contribution >= 0.6 is 0 Å². The molecule has 0 unspecified atom stereocenters. The second-order valence-electron chi connectivity index (χ2n) is 6.94. The van der Waals surface area contributed by atoms with Gasteiger partial charge in [-0.15, -0.1) is 0 Å². The van der Waals surface area contributed by atoms with Gasteiger partial charge >= 0.3 is 7.12 Å². The Balaban J connectivity index is 1.86. The first-order valence-electron chi connectivity index (χ1n) is 7.67. The second kappa shape index (κ2) is 5.06. The number of rotatable bonds is 2. The van der Waals surface area contributed by atoms with E-state index < -0.39 is 24.1 Å². The van der Waals surface area contributed by atoms with Gasteiger partial charge in [0, 0.05) is 24.1 Å². The van der Waals surface area contributed by atoms with Gasteiger partial charge in [-0.25, -0.2) is 4.39 Å². The lowest BCUT2D eigenvalue weighted by molar-refractivity contribution is -0.117. The average Bonchev–Trinajstić information content (AvgIpc) is 2.91. The summed E-state index contributed by atoms with van der Waals surface area (Å²) in [6, 6.07) is 4.80. The number of benzene rings is 1. The van der Waals surface area contributed by atoms with Gasteiger partial charge in [0.1, 0.15) is 5.82 Å². The molecule has 2 saturated heterocycles. The van der Waals surface area contributed by atoms with Crippen LogP contribution in [-0.4, -0.2) is 30.8 Å². The summed E-state index contributed by atoms with van der Waals surface area (Å²) in [6.07, 6.45) is 1.35. The van der Waals surface area contributed by atoms with Crippen LogP contribution in [0.1, 0.15) is 40.5 Å². The van der Waals surface area contributed by atoms with Crippen LogP contribution in [0.2, 0.25) is 0 Å². The number of carbonyl (C=O) groups excluding carboxylic acids is 1. The van der Waals surface area contributed by atoms with E-state index in [1.807, 2.05) is 27.7 Å². The van der Waals surface area contributed by atoms with E-state index in [0.717, 1.165) is 6.42 Å². The molecule has 1 amide bonds. The number of hydrogen-bond donors (Lipinski definition) is 0. The van der Waals surface area contributed by atoms with Crippen LogP contribution in [0.3, 0.4) is 0 Å². The molecule has 1 aromatic rings. The van der Waals surface area contributed by atoms with Gasteiger partial charge in [-0.1, -0.05) is 6.07 Å². The maximum atomic E-state index is 14.5. The highest BCUT2D eigenvalue weighted by Crippen LogP contribution is 2.36. The summed E-state index contributed by atoms with van der Waals surface area (Å²) in [5.74, 6) is -0.363. The smallest absolute Gasteiger partial charge is 0.399 e. The summed E-state index contributed by atoms with van der Waals surface area (Å²) in [7, 11) is -0.728. The molecule has 2 fully saturated rings. The lowest BCUT2D eigenvalue weighted by Crippen LogP contribution is -2.41. The van der Waals surface area contributed by atoms with Crippen LogP contribution in [0.4, 0.5) is 10.1 Å². The minimum absolute atomic E-state index is 0.0442. The molecule has 0 radical (unpaired) electrons. The van der Waals surface area contributed by atoms with Gasteiger partial charge in [-0.05, 0) is 46.2 Å². The molecule has 0 bridgehead atoms. The molecule has 0 saturated carbocycles. The van der Waals surface area contributed by atoms with Gasteiger partial charge in [-0.3, -0.25) is 4.79 Å². The van der Waals surface area contributed by atoms with Crippen molar-refractivity contribution in [2.75, 3.05) is 11.4 Å². The van der Waals surface area contributed by atoms with Crippen molar-refractivity contribution in [2.24, 2.45) is 0 Å². The SMILES string of the molecule is CC1(C)OB(c2ccc(N3CCCC3=O)cc2F)OC1(C)C. The maximum Gasteiger partial charge on any atom is 0.497 e. The van der Waals surface area contributed by atoms with E-state index >= 15 is 0 Å². The van der Waals surface area contributed by atoms with Crippen molar-refractivity contribution in [1.82, 2.24) is 0 Å². The molecule has 118 valence electrons. The molecule has 2 aliphatic rings. The minimum Gasteiger partial charge on any atom is -0.399 e. The summed E-state index contributed by atoms with van der Waals surface area (Å²) in [5.41, 5.74) is -0.0456. The van der Waals surface area contributed by atoms with E-state index in [0.29, 0.717) is 24.1 Å². The maximum absolute atomic E-state index is 14.5. The fraction of sp³-hybridized carbons (Fsp3) is 0.562. The Morgan fingerprint density at radius 3 is 2.32 bits per heavy atom. The zero-order valence-electron chi connectivity index (χ0n) is 13.5. The molecule has 1 aromatic carbocycles. The van der Waals surface area contributed by atoms with Gasteiger partial charge in [-0.2, -0.15) is 0 Å². The summed E-state index contributed by atoms with van der Waals surface area (Å²) < 4.78 is 26.2. The molecular formula is C16H21BFNO3. The van der Waals surface area contributed by atoms with Crippen LogP contribution in [0.25, 0.3) is 0 Å². The quantitative estimate of drug-likeness (QED) is 0.787. The first kappa shape index (κ1) is 15.5. The van der Waals surface area contributed by atoms with Crippen LogP contribution < -0.4 is 10.4 Å². The first-order valence-corrected chi connectivity index (χ1v) is 7.67. The van der Waals surface area contributed by atoms with Crippen molar-refractivity contribution < 1.29 is 18.5 Å². The molecule has 6 heteroatoms. The van der Waals surface area contributed by atoms with Crippen LogP contribution in [0, 0.1) is 5.82 Å². The van der Waals surface area contributed by atoms with Gasteiger partial charge in [0.15, 0.2) is 0 Å². The average molecular weight is 305 g/mol. The summed E-state index contributed by atoms with van der Waals surface area (Å²) in [4.78, 5) is 13.4.